The predicted molar refractivity (Wildman–Crippen MR) is 131 cm³/mol. The molecule has 1 aliphatic rings. The highest BCUT2D eigenvalue weighted by Gasteiger charge is 2.39. The molecule has 0 spiro atoms. The van der Waals surface area contributed by atoms with E-state index in [1.54, 1.807) is 4.57 Å². The van der Waals surface area contributed by atoms with Gasteiger partial charge in [-0.2, -0.15) is 0 Å². The molecule has 0 amide bonds. The molecule has 2 heterocycles. The molecule has 172 valence electrons. The summed E-state index contributed by atoms with van der Waals surface area (Å²) < 4.78 is 14.3. The summed E-state index contributed by atoms with van der Waals surface area (Å²) in [5.41, 5.74) is 0.784. The average Bonchev–Trinajstić information content (AvgIpc) is 2.56. The Hall–Kier alpha value is -0.966. The maximum atomic E-state index is 13.1. The smallest absolute Gasteiger partial charge is 0.295 e. The summed E-state index contributed by atoms with van der Waals surface area (Å²) >= 11 is 0. The van der Waals surface area contributed by atoms with Crippen LogP contribution in [0.1, 0.15) is 52.3 Å². The number of hydrogen-bond donors (Lipinski definition) is 0. The molecular weight excluding hydrogens is 410 g/mol. The van der Waals surface area contributed by atoms with Crippen LogP contribution < -0.4 is 10.5 Å². The third kappa shape index (κ3) is 6.51. The Labute approximate surface area is 185 Å². The van der Waals surface area contributed by atoms with Gasteiger partial charge in [0.15, 0.2) is 14.1 Å². The van der Waals surface area contributed by atoms with Gasteiger partial charge in [-0.3, -0.25) is 9.36 Å². The van der Waals surface area contributed by atoms with Crippen LogP contribution in [-0.2, 0) is 15.9 Å². The third-order valence-corrected chi connectivity index (χ3v) is 12.5. The number of aromatic nitrogens is 2. The number of hydrogen-bond acceptors (Lipinski definition) is 5. The normalized spacial score (nSPS) is 16.5. The van der Waals surface area contributed by atoms with Crippen molar-refractivity contribution in [2.24, 2.45) is 0 Å². The SMILES string of the molecule is CCC(O[Si](C)(C)C(C)(C)C)c1cn(COCC[Si](C)(C)C)c(=O)c(N2CCC2)n1. The van der Waals surface area contributed by atoms with Gasteiger partial charge in [-0.15, -0.1) is 0 Å². The minimum atomic E-state index is -1.96. The minimum absolute atomic E-state index is 0.0615. The Morgan fingerprint density at radius 2 is 1.80 bits per heavy atom. The van der Waals surface area contributed by atoms with Crippen LogP contribution in [-0.4, -0.2) is 45.6 Å². The Morgan fingerprint density at radius 1 is 1.17 bits per heavy atom. The van der Waals surface area contributed by atoms with E-state index in [4.69, 9.17) is 14.1 Å². The second-order valence-electron chi connectivity index (χ2n) is 11.2. The zero-order valence-electron chi connectivity index (χ0n) is 20.7. The molecule has 1 saturated heterocycles. The monoisotopic (exact) mass is 453 g/mol. The molecule has 0 aliphatic carbocycles. The standard InChI is InChI=1S/C22H43N3O3Si2/c1-10-19(28-30(8,9)22(2,3)4)18-16-25(17-27-14-15-29(5,6)7)21(26)20(23-18)24-12-11-13-24/h16,19H,10-15,17H2,1-9H3. The van der Waals surface area contributed by atoms with Gasteiger partial charge in [0.1, 0.15) is 6.73 Å². The molecule has 8 heteroatoms. The van der Waals surface area contributed by atoms with Gasteiger partial charge in [-0.1, -0.05) is 47.3 Å². The van der Waals surface area contributed by atoms with E-state index in [-0.39, 0.29) is 23.4 Å². The lowest BCUT2D eigenvalue weighted by Gasteiger charge is -2.39. The van der Waals surface area contributed by atoms with Gasteiger partial charge in [0, 0.05) is 34.0 Å². The van der Waals surface area contributed by atoms with Crippen molar-refractivity contribution in [2.45, 2.75) is 97.2 Å². The van der Waals surface area contributed by atoms with E-state index in [2.05, 4.69) is 65.3 Å². The van der Waals surface area contributed by atoms with E-state index in [0.29, 0.717) is 12.4 Å². The molecule has 0 radical (unpaired) electrons. The fraction of sp³-hybridized carbons (Fsp3) is 0.818. The van der Waals surface area contributed by atoms with Gasteiger partial charge in [-0.05, 0) is 37.0 Å². The minimum Gasteiger partial charge on any atom is -0.408 e. The number of rotatable bonds is 10. The summed E-state index contributed by atoms with van der Waals surface area (Å²) in [6.45, 7) is 23.1. The first-order valence-electron chi connectivity index (χ1n) is 11.4. The van der Waals surface area contributed by atoms with Gasteiger partial charge in [0.05, 0.1) is 11.8 Å². The van der Waals surface area contributed by atoms with Gasteiger partial charge in [0.25, 0.3) is 5.56 Å². The zero-order chi connectivity index (χ0) is 22.7. The van der Waals surface area contributed by atoms with E-state index in [0.717, 1.165) is 37.7 Å². The molecule has 1 aromatic rings. The molecule has 1 fully saturated rings. The Kier molecular flexibility index (Phi) is 8.15. The molecular formula is C22H43N3O3Si2. The van der Waals surface area contributed by atoms with E-state index >= 15 is 0 Å². The first-order valence-corrected chi connectivity index (χ1v) is 18.0. The molecule has 30 heavy (non-hydrogen) atoms. The Morgan fingerprint density at radius 3 is 2.27 bits per heavy atom. The molecule has 2 rings (SSSR count). The van der Waals surface area contributed by atoms with Crippen LogP contribution in [0, 0.1) is 0 Å². The summed E-state index contributed by atoms with van der Waals surface area (Å²) in [6, 6.07) is 1.09. The van der Waals surface area contributed by atoms with Crippen LogP contribution in [0.2, 0.25) is 43.8 Å². The molecule has 1 atom stereocenters. The molecule has 1 aliphatic heterocycles. The fourth-order valence-electron chi connectivity index (χ4n) is 2.96. The van der Waals surface area contributed by atoms with Crippen molar-refractivity contribution in [3.05, 3.63) is 22.2 Å². The van der Waals surface area contributed by atoms with Crippen molar-refractivity contribution in [1.29, 1.82) is 0 Å². The van der Waals surface area contributed by atoms with Crippen molar-refractivity contribution < 1.29 is 9.16 Å². The molecule has 6 nitrogen and oxygen atoms in total. The largest absolute Gasteiger partial charge is 0.408 e. The summed E-state index contributed by atoms with van der Waals surface area (Å²) in [5, 5.41) is 0.120. The summed E-state index contributed by atoms with van der Waals surface area (Å²) in [7, 11) is -3.12. The molecule has 0 saturated carbocycles. The van der Waals surface area contributed by atoms with Gasteiger partial charge in [-0.25, -0.2) is 4.98 Å². The van der Waals surface area contributed by atoms with E-state index in [1.807, 2.05) is 6.20 Å². The maximum absolute atomic E-state index is 13.1. The highest BCUT2D eigenvalue weighted by atomic mass is 28.4. The summed E-state index contributed by atoms with van der Waals surface area (Å²) in [6.07, 6.45) is 3.69. The van der Waals surface area contributed by atoms with Crippen molar-refractivity contribution >= 4 is 22.2 Å². The second-order valence-corrected chi connectivity index (χ2v) is 21.6. The summed E-state index contributed by atoms with van der Waals surface area (Å²) in [5.74, 6) is 0.546. The van der Waals surface area contributed by atoms with E-state index in [1.165, 1.54) is 0 Å². The van der Waals surface area contributed by atoms with Crippen LogP contribution >= 0.6 is 0 Å². The molecule has 0 bridgehead atoms. The number of ether oxygens (including phenoxy) is 1. The fourth-order valence-corrected chi connectivity index (χ4v) is 5.07. The predicted octanol–water partition coefficient (Wildman–Crippen LogP) is 5.24. The Bertz CT molecular complexity index is 762. The van der Waals surface area contributed by atoms with Crippen molar-refractivity contribution in [3.8, 4) is 0 Å². The van der Waals surface area contributed by atoms with Crippen molar-refractivity contribution in [1.82, 2.24) is 9.55 Å². The maximum Gasteiger partial charge on any atom is 0.295 e. The molecule has 0 N–H and O–H groups in total. The van der Waals surface area contributed by atoms with Crippen LogP contribution in [0.25, 0.3) is 0 Å². The van der Waals surface area contributed by atoms with Gasteiger partial charge < -0.3 is 14.1 Å². The Balaban J connectivity index is 2.30. The van der Waals surface area contributed by atoms with Crippen molar-refractivity contribution in [2.75, 3.05) is 24.6 Å². The lowest BCUT2D eigenvalue weighted by atomic mass is 10.2. The van der Waals surface area contributed by atoms with Crippen LogP contribution in [0.3, 0.4) is 0 Å². The lowest BCUT2D eigenvalue weighted by Crippen LogP contribution is -2.44. The average molecular weight is 454 g/mol. The van der Waals surface area contributed by atoms with Gasteiger partial charge >= 0.3 is 0 Å². The highest BCUT2D eigenvalue weighted by Crippen LogP contribution is 2.40. The van der Waals surface area contributed by atoms with Gasteiger partial charge in [0.2, 0.25) is 0 Å². The van der Waals surface area contributed by atoms with Crippen molar-refractivity contribution in [3.63, 3.8) is 0 Å². The summed E-state index contributed by atoms with van der Waals surface area (Å²) in [4.78, 5) is 19.9. The molecule has 1 unspecified atom stereocenters. The zero-order valence-corrected chi connectivity index (χ0v) is 22.7. The first-order chi connectivity index (χ1) is 13.7. The van der Waals surface area contributed by atoms with E-state index < -0.39 is 16.4 Å². The highest BCUT2D eigenvalue weighted by molar-refractivity contribution is 6.76. The lowest BCUT2D eigenvalue weighted by molar-refractivity contribution is 0.0834. The van der Waals surface area contributed by atoms with E-state index in [9.17, 15) is 4.79 Å². The second kappa shape index (κ2) is 9.67. The molecule has 1 aromatic heterocycles. The van der Waals surface area contributed by atoms with Crippen LogP contribution in [0.4, 0.5) is 5.82 Å². The topological polar surface area (TPSA) is 56.6 Å². The van der Waals surface area contributed by atoms with Crippen LogP contribution in [0.15, 0.2) is 11.0 Å². The first kappa shape index (κ1) is 25.3. The molecule has 0 aromatic carbocycles. The van der Waals surface area contributed by atoms with Crippen LogP contribution in [0.5, 0.6) is 0 Å². The quantitative estimate of drug-likeness (QED) is 0.358. The third-order valence-electron chi connectivity index (χ3n) is 6.30. The number of nitrogens with zero attached hydrogens (tertiary/aromatic N) is 3. The number of anilines is 1.